The molecule has 1 aliphatic rings. The number of Topliss-reactive ketones (excluding diaryl/α,β-unsaturated/α-hetero) is 1. The molecular weight excluding hydrogens is 581 g/mol. The zero-order valence-corrected chi connectivity index (χ0v) is 25.4. The Morgan fingerprint density at radius 3 is 2.38 bits per heavy atom. The van der Waals surface area contributed by atoms with Crippen LogP contribution in [-0.2, 0) is 21.4 Å². The molecule has 9 heteroatoms. The minimum Gasteiger partial charge on any atom is -0.465 e. The van der Waals surface area contributed by atoms with Gasteiger partial charge in [-0.2, -0.15) is 5.26 Å². The number of rotatable bonds is 8. The van der Waals surface area contributed by atoms with E-state index in [1.54, 1.807) is 35.2 Å². The van der Waals surface area contributed by atoms with Gasteiger partial charge in [0.25, 0.3) is 0 Å². The van der Waals surface area contributed by atoms with E-state index in [9.17, 15) is 14.9 Å². The third kappa shape index (κ3) is 6.36. The number of carbonyl (C=O) groups excluding carboxylic acids is 2. The van der Waals surface area contributed by atoms with Crippen LogP contribution >= 0.6 is 23.2 Å². The Balaban J connectivity index is 1.81. The molecule has 0 aliphatic carbocycles. The van der Waals surface area contributed by atoms with Crippen molar-refractivity contribution in [2.45, 2.75) is 45.1 Å². The van der Waals surface area contributed by atoms with Gasteiger partial charge >= 0.3 is 5.97 Å². The first kappa shape index (κ1) is 31.6. The quantitative estimate of drug-likeness (QED) is 0.243. The zero-order valence-electron chi connectivity index (χ0n) is 23.9. The summed E-state index contributed by atoms with van der Waals surface area (Å²) in [6.45, 7) is 6.20. The molecule has 1 fully saturated rings. The van der Waals surface area contributed by atoms with E-state index in [-0.39, 0.29) is 51.9 Å². The number of benzene rings is 3. The molecule has 1 heterocycles. The number of esters is 1. The second-order valence-corrected chi connectivity index (χ2v) is 12.8. The highest BCUT2D eigenvalue weighted by Crippen LogP contribution is 2.56. The standard InChI is InChI=1S/C33H32Cl2F2N2O3/c1-32(2,3)16-22-17-39(18-24(40)14-20-8-10-21(11-9-20)31(41)42-4)30(25-6-5-7-27(35)29(25)37)33(22,19-38)26-13-12-23(34)15-28(26)36/h5-13,15,22,30H,14,16-18H2,1-4H3/t22-,30-,33-/m1/s1. The third-order valence-electron chi connectivity index (χ3n) is 7.75. The summed E-state index contributed by atoms with van der Waals surface area (Å²) in [5.41, 5.74) is -0.575. The molecule has 1 saturated heterocycles. The van der Waals surface area contributed by atoms with Crippen LogP contribution in [0.15, 0.2) is 60.7 Å². The fraction of sp³-hybridized carbons (Fsp3) is 0.364. The zero-order chi connectivity index (χ0) is 30.8. The minimum absolute atomic E-state index is 0.0432. The number of halogens is 4. The van der Waals surface area contributed by atoms with Crippen LogP contribution in [0.25, 0.3) is 0 Å². The largest absolute Gasteiger partial charge is 0.465 e. The van der Waals surface area contributed by atoms with Gasteiger partial charge in [-0.15, -0.1) is 0 Å². The SMILES string of the molecule is COC(=O)c1ccc(CC(=O)CN2C[C@@H](CC(C)(C)C)[C@](C#N)(c3ccc(Cl)cc3F)[C@H]2c2cccc(Cl)c2F)cc1. The van der Waals surface area contributed by atoms with E-state index in [0.717, 1.165) is 6.07 Å². The highest BCUT2D eigenvalue weighted by atomic mass is 35.5. The lowest BCUT2D eigenvalue weighted by Crippen LogP contribution is -2.41. The van der Waals surface area contributed by atoms with Gasteiger partial charge in [-0.1, -0.05) is 74.3 Å². The first-order valence-corrected chi connectivity index (χ1v) is 14.3. The van der Waals surface area contributed by atoms with Crippen LogP contribution in [0.3, 0.4) is 0 Å². The van der Waals surface area contributed by atoms with E-state index < -0.39 is 35.0 Å². The summed E-state index contributed by atoms with van der Waals surface area (Å²) in [6.07, 6.45) is 0.544. The molecule has 0 radical (unpaired) electrons. The molecular formula is C33H32Cl2F2N2O3. The number of ketones is 1. The smallest absolute Gasteiger partial charge is 0.337 e. The molecule has 3 atom stereocenters. The van der Waals surface area contributed by atoms with Crippen LogP contribution in [0.1, 0.15) is 60.3 Å². The van der Waals surface area contributed by atoms with E-state index in [4.69, 9.17) is 27.9 Å². The summed E-state index contributed by atoms with van der Waals surface area (Å²) in [4.78, 5) is 27.0. The molecule has 3 aromatic rings. The van der Waals surface area contributed by atoms with Crippen molar-refractivity contribution in [1.29, 1.82) is 5.26 Å². The Morgan fingerprint density at radius 2 is 1.79 bits per heavy atom. The first-order chi connectivity index (χ1) is 19.8. The number of ether oxygens (including phenoxy) is 1. The highest BCUT2D eigenvalue weighted by molar-refractivity contribution is 6.31. The van der Waals surface area contributed by atoms with Gasteiger partial charge in [0.05, 0.1) is 36.4 Å². The molecule has 0 spiro atoms. The molecule has 0 aromatic heterocycles. The number of carbonyl (C=O) groups is 2. The number of hydrogen-bond donors (Lipinski definition) is 0. The van der Waals surface area contributed by atoms with E-state index in [2.05, 4.69) is 6.07 Å². The monoisotopic (exact) mass is 612 g/mol. The van der Waals surface area contributed by atoms with Crippen LogP contribution in [-0.4, -0.2) is 36.9 Å². The lowest BCUT2D eigenvalue weighted by molar-refractivity contribution is -0.119. The Morgan fingerprint density at radius 1 is 1.10 bits per heavy atom. The minimum atomic E-state index is -1.56. The number of nitrogens with zero attached hydrogens (tertiary/aromatic N) is 2. The molecule has 0 saturated carbocycles. The lowest BCUT2D eigenvalue weighted by atomic mass is 9.63. The Labute approximate surface area is 255 Å². The summed E-state index contributed by atoms with van der Waals surface area (Å²) in [5, 5.41) is 11.0. The summed E-state index contributed by atoms with van der Waals surface area (Å²) >= 11 is 12.3. The predicted molar refractivity (Wildman–Crippen MR) is 158 cm³/mol. The third-order valence-corrected chi connectivity index (χ3v) is 8.27. The van der Waals surface area contributed by atoms with Gasteiger partial charge in [-0.25, -0.2) is 13.6 Å². The highest BCUT2D eigenvalue weighted by Gasteiger charge is 2.58. The second-order valence-electron chi connectivity index (χ2n) is 11.9. The van der Waals surface area contributed by atoms with Crippen molar-refractivity contribution in [3.8, 4) is 6.07 Å². The second kappa shape index (κ2) is 12.5. The average molecular weight is 614 g/mol. The Kier molecular flexibility index (Phi) is 9.42. The molecule has 3 aromatic carbocycles. The molecule has 0 N–H and O–H groups in total. The van der Waals surface area contributed by atoms with Gasteiger partial charge in [0, 0.05) is 29.1 Å². The van der Waals surface area contributed by atoms with Gasteiger partial charge in [0.15, 0.2) is 5.78 Å². The van der Waals surface area contributed by atoms with Gasteiger partial charge < -0.3 is 4.74 Å². The fourth-order valence-electron chi connectivity index (χ4n) is 6.13. The van der Waals surface area contributed by atoms with Crippen LogP contribution in [0.4, 0.5) is 8.78 Å². The van der Waals surface area contributed by atoms with Crippen molar-refractivity contribution < 1.29 is 23.1 Å². The summed E-state index contributed by atoms with van der Waals surface area (Å²) in [7, 11) is 1.29. The first-order valence-electron chi connectivity index (χ1n) is 13.5. The van der Waals surface area contributed by atoms with Crippen LogP contribution in [0.5, 0.6) is 0 Å². The molecule has 1 aliphatic heterocycles. The van der Waals surface area contributed by atoms with Crippen molar-refractivity contribution in [2.75, 3.05) is 20.2 Å². The van der Waals surface area contributed by atoms with Crippen molar-refractivity contribution in [3.63, 3.8) is 0 Å². The maximum absolute atomic E-state index is 15.8. The number of nitriles is 1. The predicted octanol–water partition coefficient (Wildman–Crippen LogP) is 7.74. The fourth-order valence-corrected chi connectivity index (χ4v) is 6.47. The van der Waals surface area contributed by atoms with Crippen molar-refractivity contribution in [3.05, 3.63) is 105 Å². The van der Waals surface area contributed by atoms with Crippen molar-refractivity contribution in [2.24, 2.45) is 11.3 Å². The Hall–Kier alpha value is -3.31. The maximum Gasteiger partial charge on any atom is 0.337 e. The molecule has 4 rings (SSSR count). The summed E-state index contributed by atoms with van der Waals surface area (Å²) in [5.74, 6) is -2.52. The normalized spacial score (nSPS) is 20.7. The van der Waals surface area contributed by atoms with E-state index >= 15 is 8.78 Å². The summed E-state index contributed by atoms with van der Waals surface area (Å²) < 4.78 is 36.2. The average Bonchev–Trinajstić information content (AvgIpc) is 3.21. The van der Waals surface area contributed by atoms with Crippen molar-refractivity contribution >= 4 is 35.0 Å². The molecule has 42 heavy (non-hydrogen) atoms. The van der Waals surface area contributed by atoms with Gasteiger partial charge in [0.2, 0.25) is 0 Å². The summed E-state index contributed by atoms with van der Waals surface area (Å²) in [6, 6.07) is 16.6. The van der Waals surface area contributed by atoms with Gasteiger partial charge in [-0.3, -0.25) is 9.69 Å². The van der Waals surface area contributed by atoms with Crippen LogP contribution in [0, 0.1) is 34.3 Å². The number of likely N-dealkylation sites (tertiary alicyclic amines) is 1. The lowest BCUT2D eigenvalue weighted by Gasteiger charge is -2.38. The molecule has 0 bridgehead atoms. The number of methoxy groups -OCH3 is 1. The molecule has 5 nitrogen and oxygen atoms in total. The molecule has 0 amide bonds. The van der Waals surface area contributed by atoms with E-state index in [1.165, 1.54) is 31.4 Å². The van der Waals surface area contributed by atoms with Gasteiger partial charge in [-0.05, 0) is 53.6 Å². The van der Waals surface area contributed by atoms with Crippen molar-refractivity contribution in [1.82, 2.24) is 4.90 Å². The van der Waals surface area contributed by atoms with Crippen LogP contribution in [0.2, 0.25) is 10.0 Å². The molecule has 0 unspecified atom stereocenters. The maximum atomic E-state index is 15.8. The molecule has 220 valence electrons. The number of hydrogen-bond acceptors (Lipinski definition) is 5. The van der Waals surface area contributed by atoms with Gasteiger partial charge in [0.1, 0.15) is 17.0 Å². The Bertz CT molecular complexity index is 1530. The van der Waals surface area contributed by atoms with E-state index in [1.807, 2.05) is 20.8 Å². The topological polar surface area (TPSA) is 70.4 Å². The van der Waals surface area contributed by atoms with E-state index in [0.29, 0.717) is 17.5 Å². The van der Waals surface area contributed by atoms with Crippen LogP contribution < -0.4 is 0 Å².